The molecule has 0 unspecified atom stereocenters. The van der Waals surface area contributed by atoms with Crippen LogP contribution in [0.15, 0.2) is 34.7 Å². The maximum absolute atomic E-state index is 9.40. The molecule has 0 saturated carbocycles. The van der Waals surface area contributed by atoms with Crippen LogP contribution in [0, 0.1) is 0 Å². The second kappa shape index (κ2) is 6.18. The van der Waals surface area contributed by atoms with Crippen LogP contribution in [0.2, 0.25) is 0 Å². The Morgan fingerprint density at radius 3 is 2.30 bits per heavy atom. The van der Waals surface area contributed by atoms with E-state index in [-0.39, 0.29) is 6.61 Å². The number of para-hydroxylation sites is 1. The second-order valence-electron chi connectivity index (χ2n) is 4.86. The summed E-state index contributed by atoms with van der Waals surface area (Å²) in [4.78, 5) is 4.47. The Bertz CT molecular complexity index is 815. The summed E-state index contributed by atoms with van der Waals surface area (Å²) in [5.74, 6) is 1.96. The molecular formula is C17H17NO5. The molecule has 2 aromatic carbocycles. The van der Waals surface area contributed by atoms with E-state index in [1.165, 1.54) is 0 Å². The van der Waals surface area contributed by atoms with Crippen molar-refractivity contribution in [3.8, 4) is 28.7 Å². The van der Waals surface area contributed by atoms with Gasteiger partial charge < -0.3 is 23.7 Å². The summed E-state index contributed by atoms with van der Waals surface area (Å²) in [5.41, 5.74) is 2.63. The molecule has 3 rings (SSSR count). The Balaban J connectivity index is 2.18. The van der Waals surface area contributed by atoms with Crippen LogP contribution >= 0.6 is 0 Å². The molecule has 1 N–H and O–H groups in total. The lowest BCUT2D eigenvalue weighted by Gasteiger charge is -2.12. The van der Waals surface area contributed by atoms with Crippen molar-refractivity contribution in [3.05, 3.63) is 35.9 Å². The van der Waals surface area contributed by atoms with E-state index in [2.05, 4.69) is 4.98 Å². The molecule has 1 aromatic heterocycles. The van der Waals surface area contributed by atoms with E-state index in [0.717, 1.165) is 0 Å². The van der Waals surface area contributed by atoms with Crippen LogP contribution in [0.3, 0.4) is 0 Å². The van der Waals surface area contributed by atoms with Crippen molar-refractivity contribution in [2.24, 2.45) is 0 Å². The maximum atomic E-state index is 9.40. The zero-order valence-electron chi connectivity index (χ0n) is 13.1. The number of ether oxygens (including phenoxy) is 3. The molecule has 0 bridgehead atoms. The zero-order valence-corrected chi connectivity index (χ0v) is 13.1. The third-order valence-corrected chi connectivity index (χ3v) is 3.58. The smallest absolute Gasteiger partial charge is 0.227 e. The van der Waals surface area contributed by atoms with Gasteiger partial charge in [0.05, 0.1) is 27.9 Å². The third kappa shape index (κ3) is 2.57. The summed E-state index contributed by atoms with van der Waals surface area (Å²) in [5, 5.41) is 9.40. The summed E-state index contributed by atoms with van der Waals surface area (Å²) in [6.45, 7) is -0.110. The predicted octanol–water partition coefficient (Wildman–Crippen LogP) is 3.01. The lowest BCUT2D eigenvalue weighted by Crippen LogP contribution is -1.95. The molecule has 23 heavy (non-hydrogen) atoms. The van der Waals surface area contributed by atoms with Crippen molar-refractivity contribution in [1.29, 1.82) is 0 Å². The Morgan fingerprint density at radius 2 is 1.74 bits per heavy atom. The summed E-state index contributed by atoms with van der Waals surface area (Å²) in [6, 6.07) is 9.00. The molecule has 0 fully saturated rings. The highest BCUT2D eigenvalue weighted by Gasteiger charge is 2.18. The molecule has 1 heterocycles. The minimum absolute atomic E-state index is 0.110. The van der Waals surface area contributed by atoms with Crippen LogP contribution in [0.25, 0.3) is 22.6 Å². The van der Waals surface area contributed by atoms with Crippen molar-refractivity contribution < 1.29 is 23.7 Å². The Labute approximate surface area is 133 Å². The fourth-order valence-electron chi connectivity index (χ4n) is 2.46. The molecule has 0 amide bonds. The van der Waals surface area contributed by atoms with Crippen molar-refractivity contribution in [3.63, 3.8) is 0 Å². The molecule has 0 radical (unpaired) electrons. The number of oxazole rings is 1. The van der Waals surface area contributed by atoms with Gasteiger partial charge in [-0.25, -0.2) is 4.98 Å². The highest BCUT2D eigenvalue weighted by Crippen LogP contribution is 2.41. The van der Waals surface area contributed by atoms with Crippen LogP contribution < -0.4 is 14.2 Å². The van der Waals surface area contributed by atoms with Crippen molar-refractivity contribution in [2.75, 3.05) is 21.3 Å². The fraction of sp³-hybridized carbons (Fsp3) is 0.235. The summed E-state index contributed by atoms with van der Waals surface area (Å²) in [7, 11) is 4.65. The molecule has 0 aliphatic heterocycles. The Hall–Kier alpha value is -2.73. The van der Waals surface area contributed by atoms with Crippen LogP contribution in [-0.2, 0) is 6.61 Å². The molecule has 0 aliphatic carbocycles. The molecule has 0 aliphatic rings. The molecule has 0 atom stereocenters. The van der Waals surface area contributed by atoms with Gasteiger partial charge in [0, 0.05) is 11.1 Å². The molecular weight excluding hydrogens is 298 g/mol. The summed E-state index contributed by atoms with van der Waals surface area (Å²) >= 11 is 0. The van der Waals surface area contributed by atoms with Crippen LogP contribution in [0.1, 0.15) is 5.56 Å². The standard InChI is InChI=1S/C17H17NO5/c1-20-13-7-11(8-14(21-2)16(13)22-3)17-18-12-6-4-5-10(9-19)15(12)23-17/h4-8,19H,9H2,1-3H3. The fourth-order valence-corrected chi connectivity index (χ4v) is 2.46. The lowest BCUT2D eigenvalue weighted by atomic mass is 10.2. The van der Waals surface area contributed by atoms with Crippen molar-refractivity contribution in [2.45, 2.75) is 6.61 Å². The number of methoxy groups -OCH3 is 3. The maximum Gasteiger partial charge on any atom is 0.227 e. The number of rotatable bonds is 5. The molecule has 0 spiro atoms. The van der Waals surface area contributed by atoms with Gasteiger partial charge >= 0.3 is 0 Å². The molecule has 3 aromatic rings. The first-order valence-electron chi connectivity index (χ1n) is 7.01. The molecule has 120 valence electrons. The number of aliphatic hydroxyl groups excluding tert-OH is 1. The first-order chi connectivity index (χ1) is 11.2. The molecule has 6 heteroatoms. The van der Waals surface area contributed by atoms with Crippen LogP contribution in [0.5, 0.6) is 17.2 Å². The number of hydrogen-bond acceptors (Lipinski definition) is 6. The van der Waals surface area contributed by atoms with E-state index in [0.29, 0.717) is 45.4 Å². The van der Waals surface area contributed by atoms with E-state index in [1.54, 1.807) is 39.5 Å². The number of benzene rings is 2. The molecule has 6 nitrogen and oxygen atoms in total. The van der Waals surface area contributed by atoms with E-state index >= 15 is 0 Å². The van der Waals surface area contributed by atoms with Crippen LogP contribution in [-0.4, -0.2) is 31.4 Å². The van der Waals surface area contributed by atoms with Gasteiger partial charge in [-0.2, -0.15) is 0 Å². The summed E-state index contributed by atoms with van der Waals surface area (Å²) < 4.78 is 21.8. The number of aliphatic hydroxyl groups is 1. The first-order valence-corrected chi connectivity index (χ1v) is 7.01. The second-order valence-corrected chi connectivity index (χ2v) is 4.86. The van der Waals surface area contributed by atoms with Crippen LogP contribution in [0.4, 0.5) is 0 Å². The zero-order chi connectivity index (χ0) is 16.4. The lowest BCUT2D eigenvalue weighted by molar-refractivity contribution is 0.282. The van der Waals surface area contributed by atoms with E-state index in [9.17, 15) is 5.11 Å². The third-order valence-electron chi connectivity index (χ3n) is 3.58. The molecule has 0 saturated heterocycles. The Kier molecular flexibility index (Phi) is 4.08. The van der Waals surface area contributed by atoms with Gasteiger partial charge in [-0.1, -0.05) is 12.1 Å². The van der Waals surface area contributed by atoms with Gasteiger partial charge in [0.2, 0.25) is 11.6 Å². The van der Waals surface area contributed by atoms with Gasteiger partial charge in [-0.3, -0.25) is 0 Å². The first kappa shape index (κ1) is 15.2. The normalized spacial score (nSPS) is 10.8. The monoisotopic (exact) mass is 315 g/mol. The van der Waals surface area contributed by atoms with E-state index in [1.807, 2.05) is 12.1 Å². The number of aromatic nitrogens is 1. The van der Waals surface area contributed by atoms with Crippen molar-refractivity contribution >= 4 is 11.1 Å². The minimum atomic E-state index is -0.110. The quantitative estimate of drug-likeness (QED) is 0.780. The largest absolute Gasteiger partial charge is 0.493 e. The van der Waals surface area contributed by atoms with E-state index < -0.39 is 0 Å². The minimum Gasteiger partial charge on any atom is -0.493 e. The predicted molar refractivity (Wildman–Crippen MR) is 85.0 cm³/mol. The number of nitrogens with zero attached hydrogens (tertiary/aromatic N) is 1. The SMILES string of the molecule is COc1cc(-c2nc3cccc(CO)c3o2)cc(OC)c1OC. The number of hydrogen-bond donors (Lipinski definition) is 1. The van der Waals surface area contributed by atoms with Gasteiger partial charge in [0.1, 0.15) is 5.52 Å². The highest BCUT2D eigenvalue weighted by molar-refractivity contribution is 5.80. The van der Waals surface area contributed by atoms with Gasteiger partial charge in [-0.15, -0.1) is 0 Å². The number of fused-ring (bicyclic) bond motifs is 1. The Morgan fingerprint density at radius 1 is 1.04 bits per heavy atom. The van der Waals surface area contributed by atoms with Gasteiger partial charge in [-0.05, 0) is 18.2 Å². The average Bonchev–Trinajstić information content (AvgIpc) is 3.04. The van der Waals surface area contributed by atoms with E-state index in [4.69, 9.17) is 18.6 Å². The summed E-state index contributed by atoms with van der Waals surface area (Å²) in [6.07, 6.45) is 0. The topological polar surface area (TPSA) is 74.0 Å². The highest BCUT2D eigenvalue weighted by atomic mass is 16.5. The van der Waals surface area contributed by atoms with Gasteiger partial charge in [0.25, 0.3) is 0 Å². The average molecular weight is 315 g/mol. The van der Waals surface area contributed by atoms with Crippen molar-refractivity contribution in [1.82, 2.24) is 4.98 Å². The van der Waals surface area contributed by atoms with Gasteiger partial charge in [0.15, 0.2) is 17.1 Å².